The molecule has 0 heterocycles. The maximum Gasteiger partial charge on any atom is 0.166 e. The van der Waals surface area contributed by atoms with Crippen LogP contribution in [0.25, 0.3) is 0 Å². The monoisotopic (exact) mass is 376 g/mol. The van der Waals surface area contributed by atoms with Gasteiger partial charge in [-0.15, -0.1) is 0 Å². The predicted molar refractivity (Wildman–Crippen MR) is 114 cm³/mol. The smallest absolute Gasteiger partial charge is 0.166 e. The maximum atomic E-state index is 12.4. The Bertz CT molecular complexity index is 510. The Morgan fingerprint density at radius 3 is 2.00 bits per heavy atom. The van der Waals surface area contributed by atoms with Crippen LogP contribution in [0.2, 0.25) is 0 Å². The number of rotatable bonds is 17. The van der Waals surface area contributed by atoms with Gasteiger partial charge in [0.05, 0.1) is 12.2 Å². The maximum absolute atomic E-state index is 12.4. The van der Waals surface area contributed by atoms with E-state index in [1.54, 1.807) is 18.2 Å². The van der Waals surface area contributed by atoms with Crippen LogP contribution in [0.1, 0.15) is 114 Å². The van der Waals surface area contributed by atoms with E-state index in [9.17, 15) is 9.90 Å². The van der Waals surface area contributed by atoms with E-state index in [-0.39, 0.29) is 11.5 Å². The van der Waals surface area contributed by atoms with Gasteiger partial charge < -0.3 is 9.84 Å². The molecule has 0 saturated carbocycles. The minimum absolute atomic E-state index is 0.0203. The van der Waals surface area contributed by atoms with Crippen LogP contribution in [-0.4, -0.2) is 17.5 Å². The zero-order chi connectivity index (χ0) is 19.7. The summed E-state index contributed by atoms with van der Waals surface area (Å²) in [4.78, 5) is 12.4. The molecule has 0 saturated heterocycles. The molecule has 0 radical (unpaired) electrons. The molecular formula is C24H40O3. The topological polar surface area (TPSA) is 46.5 Å². The van der Waals surface area contributed by atoms with Crippen LogP contribution in [-0.2, 0) is 0 Å². The van der Waals surface area contributed by atoms with Crippen molar-refractivity contribution >= 4 is 5.78 Å². The van der Waals surface area contributed by atoms with Crippen LogP contribution >= 0.6 is 0 Å². The molecule has 0 aliphatic heterocycles. The van der Waals surface area contributed by atoms with Gasteiger partial charge in [-0.25, -0.2) is 0 Å². The van der Waals surface area contributed by atoms with Crippen molar-refractivity contribution in [1.82, 2.24) is 0 Å². The highest BCUT2D eigenvalue weighted by Gasteiger charge is 2.12. The first-order chi connectivity index (χ1) is 13.2. The van der Waals surface area contributed by atoms with E-state index in [0.717, 1.165) is 19.3 Å². The van der Waals surface area contributed by atoms with Crippen molar-refractivity contribution in [3.05, 3.63) is 23.8 Å². The fourth-order valence-corrected chi connectivity index (χ4v) is 3.28. The molecule has 154 valence electrons. The number of ether oxygens (including phenoxy) is 1. The summed E-state index contributed by atoms with van der Waals surface area (Å²) in [6.07, 6.45) is 16.2. The van der Waals surface area contributed by atoms with Crippen LogP contribution < -0.4 is 4.74 Å². The summed E-state index contributed by atoms with van der Waals surface area (Å²) in [7, 11) is 0. The van der Waals surface area contributed by atoms with Gasteiger partial charge in [0, 0.05) is 6.42 Å². The molecule has 3 nitrogen and oxygen atoms in total. The van der Waals surface area contributed by atoms with E-state index in [4.69, 9.17) is 4.74 Å². The van der Waals surface area contributed by atoms with E-state index in [0.29, 0.717) is 24.3 Å². The molecule has 0 spiro atoms. The third-order valence-electron chi connectivity index (χ3n) is 5.04. The van der Waals surface area contributed by atoms with Gasteiger partial charge in [0.15, 0.2) is 5.78 Å². The van der Waals surface area contributed by atoms with Gasteiger partial charge in [-0.2, -0.15) is 0 Å². The second-order valence-corrected chi connectivity index (χ2v) is 7.59. The third-order valence-corrected chi connectivity index (χ3v) is 5.04. The first-order valence-electron chi connectivity index (χ1n) is 11.2. The number of hydrogen-bond acceptors (Lipinski definition) is 3. The summed E-state index contributed by atoms with van der Waals surface area (Å²) in [5.74, 6) is 0.765. The molecule has 1 N–H and O–H groups in total. The van der Waals surface area contributed by atoms with Crippen LogP contribution in [0, 0.1) is 0 Å². The normalized spacial score (nSPS) is 10.9. The molecule has 0 fully saturated rings. The number of benzene rings is 1. The second kappa shape index (κ2) is 15.5. The average Bonchev–Trinajstić information content (AvgIpc) is 2.67. The molecule has 0 unspecified atom stereocenters. The average molecular weight is 377 g/mol. The number of phenols is 1. The third kappa shape index (κ3) is 11.0. The van der Waals surface area contributed by atoms with Gasteiger partial charge in [0.1, 0.15) is 11.5 Å². The van der Waals surface area contributed by atoms with Gasteiger partial charge in [-0.3, -0.25) is 4.79 Å². The molecule has 0 bridgehead atoms. The van der Waals surface area contributed by atoms with Crippen molar-refractivity contribution in [3.8, 4) is 11.5 Å². The fraction of sp³-hybridized carbons (Fsp3) is 0.708. The van der Waals surface area contributed by atoms with E-state index in [2.05, 4.69) is 13.8 Å². The summed E-state index contributed by atoms with van der Waals surface area (Å²) in [5.41, 5.74) is 0.403. The molecule has 0 aromatic heterocycles. The van der Waals surface area contributed by atoms with Crippen molar-refractivity contribution < 1.29 is 14.6 Å². The zero-order valence-electron chi connectivity index (χ0n) is 17.6. The predicted octanol–water partition coefficient (Wildman–Crippen LogP) is 7.45. The lowest BCUT2D eigenvalue weighted by atomic mass is 10.0. The van der Waals surface area contributed by atoms with Gasteiger partial charge >= 0.3 is 0 Å². The highest BCUT2D eigenvalue weighted by Crippen LogP contribution is 2.25. The van der Waals surface area contributed by atoms with Gasteiger partial charge in [0.25, 0.3) is 0 Å². The van der Waals surface area contributed by atoms with E-state index < -0.39 is 0 Å². The molecule has 1 rings (SSSR count). The molecule has 0 aliphatic carbocycles. The van der Waals surface area contributed by atoms with E-state index in [1.807, 2.05) is 0 Å². The highest BCUT2D eigenvalue weighted by atomic mass is 16.5. The standard InChI is InChI=1S/C24H40O3/c1-3-5-7-9-10-11-12-13-14-16-23(25)22-20-21(17-18-24(22)26)27-19-15-8-6-4-2/h17-18,20,26H,3-16,19H2,1-2H3. The van der Waals surface area contributed by atoms with Crippen molar-refractivity contribution in [2.75, 3.05) is 6.61 Å². The lowest BCUT2D eigenvalue weighted by molar-refractivity contribution is 0.0976. The van der Waals surface area contributed by atoms with E-state index in [1.165, 1.54) is 64.2 Å². The first-order valence-corrected chi connectivity index (χ1v) is 11.2. The molecule has 1 aromatic rings. The van der Waals surface area contributed by atoms with Crippen LogP contribution in [0.4, 0.5) is 0 Å². The number of hydrogen-bond donors (Lipinski definition) is 1. The van der Waals surface area contributed by atoms with Crippen molar-refractivity contribution in [3.63, 3.8) is 0 Å². The number of aromatic hydroxyl groups is 1. The molecule has 0 atom stereocenters. The Balaban J connectivity index is 2.25. The Hall–Kier alpha value is -1.51. The summed E-state index contributed by atoms with van der Waals surface area (Å²) in [6, 6.07) is 5.01. The summed E-state index contributed by atoms with van der Waals surface area (Å²) < 4.78 is 5.73. The number of unbranched alkanes of at least 4 members (excludes halogenated alkanes) is 11. The SMILES string of the molecule is CCCCCCCCCCCC(=O)c1cc(OCCCCCC)ccc1O. The Kier molecular flexibility index (Phi) is 13.5. The number of phenolic OH excluding ortho intramolecular Hbond substituents is 1. The Labute approximate surface area is 166 Å². The molecule has 0 amide bonds. The summed E-state index contributed by atoms with van der Waals surface area (Å²) in [6.45, 7) is 5.09. The highest BCUT2D eigenvalue weighted by molar-refractivity contribution is 5.98. The fourth-order valence-electron chi connectivity index (χ4n) is 3.28. The van der Waals surface area contributed by atoms with E-state index >= 15 is 0 Å². The van der Waals surface area contributed by atoms with Crippen molar-refractivity contribution in [2.45, 2.75) is 104 Å². The zero-order valence-corrected chi connectivity index (χ0v) is 17.6. The Morgan fingerprint density at radius 2 is 1.37 bits per heavy atom. The lowest BCUT2D eigenvalue weighted by Crippen LogP contribution is -2.02. The van der Waals surface area contributed by atoms with Crippen LogP contribution in [0.15, 0.2) is 18.2 Å². The number of carbonyl (C=O) groups excluding carboxylic acids is 1. The summed E-state index contributed by atoms with van der Waals surface area (Å²) >= 11 is 0. The Morgan fingerprint density at radius 1 is 0.815 bits per heavy atom. The largest absolute Gasteiger partial charge is 0.507 e. The quantitative estimate of drug-likeness (QED) is 0.227. The summed E-state index contributed by atoms with van der Waals surface area (Å²) in [5, 5.41) is 10.0. The minimum atomic E-state index is 0.0203. The minimum Gasteiger partial charge on any atom is -0.507 e. The lowest BCUT2D eigenvalue weighted by Gasteiger charge is -2.09. The second-order valence-electron chi connectivity index (χ2n) is 7.59. The molecule has 27 heavy (non-hydrogen) atoms. The molecule has 3 heteroatoms. The van der Waals surface area contributed by atoms with Crippen LogP contribution in [0.5, 0.6) is 11.5 Å². The van der Waals surface area contributed by atoms with Gasteiger partial charge in [0.2, 0.25) is 0 Å². The molecular weight excluding hydrogens is 336 g/mol. The number of Topliss-reactive ketones (excluding diaryl/α,β-unsaturated/α-hetero) is 1. The van der Waals surface area contributed by atoms with Gasteiger partial charge in [-0.1, -0.05) is 84.5 Å². The van der Waals surface area contributed by atoms with Crippen LogP contribution in [0.3, 0.4) is 0 Å². The number of carbonyl (C=O) groups is 1. The molecule has 1 aromatic carbocycles. The van der Waals surface area contributed by atoms with Gasteiger partial charge in [-0.05, 0) is 31.0 Å². The molecule has 0 aliphatic rings. The van der Waals surface area contributed by atoms with Crippen molar-refractivity contribution in [1.29, 1.82) is 0 Å². The van der Waals surface area contributed by atoms with Crippen molar-refractivity contribution in [2.24, 2.45) is 0 Å². The first kappa shape index (κ1) is 23.5. The number of ketones is 1.